The zero-order valence-electron chi connectivity index (χ0n) is 16.1. The Hall–Kier alpha value is -2.99. The van der Waals surface area contributed by atoms with Gasteiger partial charge in [-0.25, -0.2) is 0 Å². The topological polar surface area (TPSA) is 73.3 Å². The largest absolute Gasteiger partial charge is 0.507 e. The highest BCUT2D eigenvalue weighted by atomic mass is 16.5. The third-order valence-corrected chi connectivity index (χ3v) is 5.26. The van der Waals surface area contributed by atoms with E-state index in [1.165, 1.54) is 17.7 Å². The number of phenols is 1. The quantitative estimate of drug-likeness (QED) is 0.710. The van der Waals surface area contributed by atoms with Crippen LogP contribution in [0, 0.1) is 6.92 Å². The van der Waals surface area contributed by atoms with Gasteiger partial charge in [0.15, 0.2) is 5.58 Å². The number of aromatic hydroxyl groups is 1. The first-order valence-corrected chi connectivity index (χ1v) is 9.50. The van der Waals surface area contributed by atoms with Crippen molar-refractivity contribution in [3.8, 4) is 23.0 Å². The van der Waals surface area contributed by atoms with Crippen LogP contribution in [0.1, 0.15) is 24.2 Å². The van der Waals surface area contributed by atoms with E-state index in [0.717, 1.165) is 13.1 Å². The molecule has 6 heteroatoms. The molecule has 3 aromatic rings. The van der Waals surface area contributed by atoms with Gasteiger partial charge in [-0.3, -0.25) is 4.79 Å². The molecule has 28 heavy (non-hydrogen) atoms. The lowest BCUT2D eigenvalue weighted by Gasteiger charge is -2.15. The van der Waals surface area contributed by atoms with Crippen molar-refractivity contribution in [2.24, 2.45) is 0 Å². The maximum absolute atomic E-state index is 13.1. The third-order valence-electron chi connectivity index (χ3n) is 5.26. The minimum atomic E-state index is -0.251. The molecule has 0 amide bonds. The Morgan fingerprint density at radius 2 is 1.89 bits per heavy atom. The monoisotopic (exact) mass is 382 g/mol. The second-order valence-electron chi connectivity index (χ2n) is 7.17. The van der Waals surface area contributed by atoms with Gasteiger partial charge in [-0.2, -0.15) is 0 Å². The molecular formula is C22H24NO5+. The van der Waals surface area contributed by atoms with Gasteiger partial charge in [0.05, 0.1) is 31.1 Å². The average molecular weight is 382 g/mol. The molecule has 1 fully saturated rings. The SMILES string of the molecule is COc1cccc(Oc2c(C)oc3c(C[NH+]4CCCC4)c(O)ccc3c2=O)c1. The Morgan fingerprint density at radius 1 is 1.14 bits per heavy atom. The van der Waals surface area contributed by atoms with Crippen LogP contribution in [-0.2, 0) is 6.54 Å². The number of rotatable bonds is 5. The summed E-state index contributed by atoms with van der Waals surface area (Å²) in [7, 11) is 1.57. The predicted octanol–water partition coefficient (Wildman–Crippen LogP) is 2.79. The van der Waals surface area contributed by atoms with E-state index in [-0.39, 0.29) is 16.9 Å². The van der Waals surface area contributed by atoms with Gasteiger partial charge in [-0.15, -0.1) is 0 Å². The van der Waals surface area contributed by atoms with Crippen LogP contribution in [0.5, 0.6) is 23.0 Å². The van der Waals surface area contributed by atoms with Gasteiger partial charge in [-0.05, 0) is 31.2 Å². The molecule has 0 bridgehead atoms. The Labute approximate surface area is 162 Å². The van der Waals surface area contributed by atoms with Crippen molar-refractivity contribution in [3.05, 3.63) is 57.9 Å². The lowest BCUT2D eigenvalue weighted by atomic mass is 10.1. The number of hydrogen-bond acceptors (Lipinski definition) is 5. The number of nitrogens with one attached hydrogen (secondary N) is 1. The number of ether oxygens (including phenoxy) is 2. The fourth-order valence-electron chi connectivity index (χ4n) is 3.77. The molecule has 2 heterocycles. The molecule has 4 rings (SSSR count). The second kappa shape index (κ2) is 7.56. The number of likely N-dealkylation sites (tertiary alicyclic amines) is 1. The summed E-state index contributed by atoms with van der Waals surface area (Å²) in [4.78, 5) is 14.5. The molecule has 0 saturated carbocycles. The first-order valence-electron chi connectivity index (χ1n) is 9.50. The van der Waals surface area contributed by atoms with Crippen LogP contribution in [0.15, 0.2) is 45.6 Å². The Bertz CT molecular complexity index is 1070. The maximum Gasteiger partial charge on any atom is 0.235 e. The van der Waals surface area contributed by atoms with E-state index in [2.05, 4.69) is 0 Å². The molecule has 2 aromatic carbocycles. The van der Waals surface area contributed by atoms with E-state index >= 15 is 0 Å². The summed E-state index contributed by atoms with van der Waals surface area (Å²) in [6.07, 6.45) is 2.37. The Balaban J connectivity index is 1.77. The summed E-state index contributed by atoms with van der Waals surface area (Å²) < 4.78 is 17.0. The van der Waals surface area contributed by atoms with Crippen LogP contribution in [0.25, 0.3) is 11.0 Å². The molecule has 0 unspecified atom stereocenters. The summed E-state index contributed by atoms with van der Waals surface area (Å²) in [6, 6.07) is 10.2. The molecule has 1 aliphatic rings. The zero-order chi connectivity index (χ0) is 19.7. The lowest BCUT2D eigenvalue weighted by Crippen LogP contribution is -3.08. The number of phenolic OH excluding ortho intramolecular Hbond substituents is 1. The molecule has 0 atom stereocenters. The summed E-state index contributed by atoms with van der Waals surface area (Å²) in [5.74, 6) is 1.82. The number of benzene rings is 2. The normalized spacial score (nSPS) is 14.5. The minimum Gasteiger partial charge on any atom is -0.507 e. The summed E-state index contributed by atoms with van der Waals surface area (Å²) >= 11 is 0. The van der Waals surface area contributed by atoms with Gasteiger partial charge in [0.25, 0.3) is 0 Å². The number of quaternary nitrogens is 1. The first kappa shape index (κ1) is 18.4. The highest BCUT2D eigenvalue weighted by Crippen LogP contribution is 2.31. The molecule has 1 aliphatic heterocycles. The highest BCUT2D eigenvalue weighted by molar-refractivity contribution is 5.83. The summed E-state index contributed by atoms with van der Waals surface area (Å²) in [6.45, 7) is 4.47. The number of fused-ring (bicyclic) bond motifs is 1. The van der Waals surface area contributed by atoms with E-state index in [4.69, 9.17) is 13.9 Å². The molecule has 1 saturated heterocycles. The average Bonchev–Trinajstić information content (AvgIpc) is 3.21. The number of methoxy groups -OCH3 is 1. The zero-order valence-corrected chi connectivity index (χ0v) is 16.1. The van der Waals surface area contributed by atoms with E-state index in [1.807, 2.05) is 0 Å². The number of hydrogen-bond donors (Lipinski definition) is 2. The van der Waals surface area contributed by atoms with Gasteiger partial charge >= 0.3 is 0 Å². The van der Waals surface area contributed by atoms with Gasteiger partial charge in [0, 0.05) is 18.9 Å². The lowest BCUT2D eigenvalue weighted by molar-refractivity contribution is -0.901. The molecule has 0 aliphatic carbocycles. The van der Waals surface area contributed by atoms with Crippen LogP contribution in [0.2, 0.25) is 0 Å². The highest BCUT2D eigenvalue weighted by Gasteiger charge is 2.23. The van der Waals surface area contributed by atoms with E-state index in [1.54, 1.807) is 50.4 Å². The Kier molecular flexibility index (Phi) is 4.96. The van der Waals surface area contributed by atoms with Gasteiger partial charge in [-0.1, -0.05) is 6.07 Å². The van der Waals surface area contributed by atoms with Crippen molar-refractivity contribution in [2.45, 2.75) is 26.3 Å². The summed E-state index contributed by atoms with van der Waals surface area (Å²) in [5, 5.41) is 10.8. The molecule has 6 nitrogen and oxygen atoms in total. The Morgan fingerprint density at radius 3 is 2.64 bits per heavy atom. The van der Waals surface area contributed by atoms with E-state index in [9.17, 15) is 9.90 Å². The van der Waals surface area contributed by atoms with E-state index in [0.29, 0.717) is 40.3 Å². The fraction of sp³-hybridized carbons (Fsp3) is 0.318. The molecule has 2 N–H and O–H groups in total. The van der Waals surface area contributed by atoms with Crippen molar-refractivity contribution in [3.63, 3.8) is 0 Å². The van der Waals surface area contributed by atoms with E-state index < -0.39 is 0 Å². The van der Waals surface area contributed by atoms with Crippen LogP contribution in [-0.4, -0.2) is 25.3 Å². The molecular weight excluding hydrogens is 358 g/mol. The third kappa shape index (κ3) is 3.43. The van der Waals surface area contributed by atoms with Crippen molar-refractivity contribution in [1.29, 1.82) is 0 Å². The van der Waals surface area contributed by atoms with Gasteiger partial charge < -0.3 is 23.9 Å². The minimum absolute atomic E-state index is 0.144. The smallest absolute Gasteiger partial charge is 0.235 e. The maximum atomic E-state index is 13.1. The fourth-order valence-corrected chi connectivity index (χ4v) is 3.77. The van der Waals surface area contributed by atoms with Crippen molar-refractivity contribution < 1.29 is 23.9 Å². The molecule has 1 aromatic heterocycles. The van der Waals surface area contributed by atoms with Crippen LogP contribution >= 0.6 is 0 Å². The van der Waals surface area contributed by atoms with Crippen molar-refractivity contribution >= 4 is 11.0 Å². The van der Waals surface area contributed by atoms with Gasteiger partial charge in [0.1, 0.15) is 29.6 Å². The van der Waals surface area contributed by atoms with Crippen molar-refractivity contribution in [1.82, 2.24) is 0 Å². The molecule has 146 valence electrons. The first-order chi connectivity index (χ1) is 13.6. The standard InChI is InChI=1S/C22H23NO5/c1-14-21(28-16-7-5-6-15(12-16)26-2)20(25)17-8-9-19(24)18(22(17)27-14)13-23-10-3-4-11-23/h5-9,12,24H,3-4,10-11,13H2,1-2H3/p+1. The van der Waals surface area contributed by atoms with Crippen molar-refractivity contribution in [2.75, 3.05) is 20.2 Å². The van der Waals surface area contributed by atoms with Crippen LogP contribution < -0.4 is 19.8 Å². The molecule has 0 radical (unpaired) electrons. The second-order valence-corrected chi connectivity index (χ2v) is 7.17. The number of aryl methyl sites for hydroxylation is 1. The van der Waals surface area contributed by atoms with Gasteiger partial charge in [0.2, 0.25) is 11.2 Å². The molecule has 0 spiro atoms. The van der Waals surface area contributed by atoms with Crippen LogP contribution in [0.4, 0.5) is 0 Å². The van der Waals surface area contributed by atoms with Crippen LogP contribution in [0.3, 0.4) is 0 Å². The predicted molar refractivity (Wildman–Crippen MR) is 106 cm³/mol. The summed E-state index contributed by atoms with van der Waals surface area (Å²) in [5.41, 5.74) is 0.877.